The molecule has 172 valence electrons. The molecular weight excluding hydrogens is 422 g/mol. The molecule has 0 spiro atoms. The lowest BCUT2D eigenvalue weighted by Gasteiger charge is -2.25. The maximum atomic E-state index is 13.0. The van der Waals surface area contributed by atoms with E-state index < -0.39 is 10.0 Å². The maximum Gasteiger partial charge on any atom is 0.315 e. The van der Waals surface area contributed by atoms with E-state index in [1.54, 1.807) is 18.2 Å². The molecule has 1 aromatic carbocycles. The van der Waals surface area contributed by atoms with Gasteiger partial charge < -0.3 is 10.6 Å². The number of amides is 2. The van der Waals surface area contributed by atoms with Gasteiger partial charge in [-0.25, -0.2) is 13.2 Å². The summed E-state index contributed by atoms with van der Waals surface area (Å²) in [6.07, 6.45) is 9.63. The first kappa shape index (κ1) is 26.7. The summed E-state index contributed by atoms with van der Waals surface area (Å²) in [7, 11) is -3.62. The summed E-state index contributed by atoms with van der Waals surface area (Å²) in [5, 5.41) is 6.36. The minimum absolute atomic E-state index is 0. The highest BCUT2D eigenvalue weighted by molar-refractivity contribution is 7.89. The zero-order valence-electron chi connectivity index (χ0n) is 16.2. The number of hydrogen-bond donors (Lipinski definition) is 2. The average molecular weight is 460 g/mol. The zero-order valence-corrected chi connectivity index (χ0v) is 17.8. The van der Waals surface area contributed by atoms with E-state index in [0.717, 1.165) is 38.5 Å². The van der Waals surface area contributed by atoms with Crippen molar-refractivity contribution in [3.63, 3.8) is 0 Å². The number of nitrogens with one attached hydrogen (secondary N) is 2. The van der Waals surface area contributed by atoms with Crippen LogP contribution >= 0.6 is 11.6 Å². The second-order valence-corrected chi connectivity index (χ2v) is 10.1. The van der Waals surface area contributed by atoms with Gasteiger partial charge in [0.15, 0.2) is 0 Å². The van der Waals surface area contributed by atoms with Gasteiger partial charge in [0.2, 0.25) is 10.0 Å². The van der Waals surface area contributed by atoms with Crippen LogP contribution in [0.15, 0.2) is 29.2 Å². The van der Waals surface area contributed by atoms with Crippen LogP contribution in [-0.2, 0) is 10.0 Å². The molecule has 2 fully saturated rings. The number of sulfonamides is 1. The Balaban J connectivity index is 0.00000225. The standard InChI is InChI=1S/C20H30ClN3O3S.2CH4/c21-16-8-6-12-19(14-16)28(26,27)24-13-7-11-18(24)15-22-20(25)23-17-9-4-2-1-3-5-10-17;;/h6,8,12,14,17-18H,1-5,7,9-11,13,15H2,(H2,22,23,25);2*1H4. The Morgan fingerprint density at radius 2 is 1.70 bits per heavy atom. The van der Waals surface area contributed by atoms with E-state index in [4.69, 9.17) is 11.6 Å². The smallest absolute Gasteiger partial charge is 0.315 e. The Kier molecular flexibility index (Phi) is 11.2. The van der Waals surface area contributed by atoms with Gasteiger partial charge in [-0.1, -0.05) is 64.6 Å². The Bertz CT molecular complexity index is 765. The Morgan fingerprint density at radius 3 is 2.37 bits per heavy atom. The van der Waals surface area contributed by atoms with Gasteiger partial charge in [-0.2, -0.15) is 4.31 Å². The van der Waals surface area contributed by atoms with Gasteiger partial charge >= 0.3 is 6.03 Å². The second-order valence-electron chi connectivity index (χ2n) is 7.77. The zero-order chi connectivity index (χ0) is 20.0. The van der Waals surface area contributed by atoms with Crippen molar-refractivity contribution < 1.29 is 13.2 Å². The minimum Gasteiger partial charge on any atom is -0.337 e. The monoisotopic (exact) mass is 459 g/mol. The number of nitrogens with zero attached hydrogens (tertiary/aromatic N) is 1. The van der Waals surface area contributed by atoms with E-state index in [1.807, 2.05) is 0 Å². The summed E-state index contributed by atoms with van der Waals surface area (Å²) >= 11 is 5.96. The molecule has 2 N–H and O–H groups in total. The van der Waals surface area contributed by atoms with Crippen molar-refractivity contribution in [2.24, 2.45) is 0 Å². The number of carbonyl (C=O) groups is 1. The van der Waals surface area contributed by atoms with E-state index in [1.165, 1.54) is 29.6 Å². The molecule has 2 aliphatic rings. The third kappa shape index (κ3) is 7.13. The highest BCUT2D eigenvalue weighted by atomic mass is 35.5. The van der Waals surface area contributed by atoms with Crippen LogP contribution in [0.4, 0.5) is 4.79 Å². The van der Waals surface area contributed by atoms with Crippen molar-refractivity contribution >= 4 is 27.7 Å². The predicted molar refractivity (Wildman–Crippen MR) is 124 cm³/mol. The van der Waals surface area contributed by atoms with Crippen LogP contribution in [0.2, 0.25) is 5.02 Å². The maximum absolute atomic E-state index is 13.0. The van der Waals surface area contributed by atoms with Crippen LogP contribution in [0.1, 0.15) is 72.6 Å². The highest BCUT2D eigenvalue weighted by Crippen LogP contribution is 2.27. The number of halogens is 1. The number of benzene rings is 1. The van der Waals surface area contributed by atoms with Gasteiger partial charge in [-0.05, 0) is 43.9 Å². The highest BCUT2D eigenvalue weighted by Gasteiger charge is 2.35. The summed E-state index contributed by atoms with van der Waals surface area (Å²) in [5.41, 5.74) is 0. The third-order valence-electron chi connectivity index (χ3n) is 5.66. The van der Waals surface area contributed by atoms with Crippen molar-refractivity contribution in [3.8, 4) is 0 Å². The molecule has 0 aromatic heterocycles. The molecule has 0 bridgehead atoms. The summed E-state index contributed by atoms with van der Waals surface area (Å²) in [5.74, 6) is 0. The van der Waals surface area contributed by atoms with Gasteiger partial charge in [-0.3, -0.25) is 0 Å². The molecule has 1 aliphatic heterocycles. The average Bonchev–Trinajstić information content (AvgIpc) is 3.12. The SMILES string of the molecule is C.C.O=C(NCC1CCCN1S(=O)(=O)c1cccc(Cl)c1)NC1CCCCCCC1. The fourth-order valence-electron chi connectivity index (χ4n) is 4.14. The molecule has 0 radical (unpaired) electrons. The predicted octanol–water partition coefficient (Wildman–Crippen LogP) is 5.18. The second kappa shape index (κ2) is 12.5. The van der Waals surface area contributed by atoms with Crippen LogP contribution in [0.5, 0.6) is 0 Å². The van der Waals surface area contributed by atoms with Crippen molar-refractivity contribution in [2.75, 3.05) is 13.1 Å². The molecule has 30 heavy (non-hydrogen) atoms. The van der Waals surface area contributed by atoms with E-state index in [-0.39, 0.29) is 37.9 Å². The number of urea groups is 1. The molecule has 1 heterocycles. The topological polar surface area (TPSA) is 78.5 Å². The molecule has 6 nitrogen and oxygen atoms in total. The van der Waals surface area contributed by atoms with E-state index >= 15 is 0 Å². The van der Waals surface area contributed by atoms with Crippen LogP contribution in [-0.4, -0.2) is 43.9 Å². The lowest BCUT2D eigenvalue weighted by Crippen LogP contribution is -2.48. The van der Waals surface area contributed by atoms with Crippen molar-refractivity contribution in [2.45, 2.75) is 89.6 Å². The van der Waals surface area contributed by atoms with Gasteiger partial charge in [0.25, 0.3) is 0 Å². The molecule has 1 saturated heterocycles. The third-order valence-corrected chi connectivity index (χ3v) is 7.85. The lowest BCUT2D eigenvalue weighted by molar-refractivity contribution is 0.231. The van der Waals surface area contributed by atoms with Crippen molar-refractivity contribution in [1.29, 1.82) is 0 Å². The fraction of sp³-hybridized carbons (Fsp3) is 0.682. The quantitative estimate of drug-likeness (QED) is 0.636. The number of carbonyl (C=O) groups excluding carboxylic acids is 1. The van der Waals surface area contributed by atoms with Gasteiger partial charge in [0.1, 0.15) is 0 Å². The normalized spacial score (nSPS) is 20.9. The van der Waals surface area contributed by atoms with Crippen LogP contribution in [0.3, 0.4) is 0 Å². The van der Waals surface area contributed by atoms with Gasteiger partial charge in [0, 0.05) is 30.2 Å². The van der Waals surface area contributed by atoms with Crippen molar-refractivity contribution in [3.05, 3.63) is 29.3 Å². The molecule has 1 aromatic rings. The lowest BCUT2D eigenvalue weighted by atomic mass is 9.97. The Labute approximate surface area is 187 Å². The molecule has 3 rings (SSSR count). The summed E-state index contributed by atoms with van der Waals surface area (Å²) in [4.78, 5) is 12.5. The van der Waals surface area contributed by atoms with Crippen LogP contribution < -0.4 is 10.6 Å². The summed E-state index contributed by atoms with van der Waals surface area (Å²) < 4.78 is 27.4. The van der Waals surface area contributed by atoms with E-state index in [0.29, 0.717) is 18.1 Å². The summed E-state index contributed by atoms with van der Waals surface area (Å²) in [6.45, 7) is 0.782. The molecule has 1 atom stereocenters. The minimum atomic E-state index is -3.62. The van der Waals surface area contributed by atoms with Gasteiger partial charge in [-0.15, -0.1) is 0 Å². The first-order valence-electron chi connectivity index (χ1n) is 10.3. The first-order valence-corrected chi connectivity index (χ1v) is 12.1. The van der Waals surface area contributed by atoms with Gasteiger partial charge in [0.05, 0.1) is 4.90 Å². The number of rotatable bonds is 5. The van der Waals surface area contributed by atoms with E-state index in [2.05, 4.69) is 10.6 Å². The van der Waals surface area contributed by atoms with E-state index in [9.17, 15) is 13.2 Å². The Hall–Kier alpha value is -1.31. The van der Waals surface area contributed by atoms with Crippen LogP contribution in [0, 0.1) is 0 Å². The summed E-state index contributed by atoms with van der Waals surface area (Å²) in [6, 6.07) is 6.12. The molecule has 2 amide bonds. The molecule has 8 heteroatoms. The first-order chi connectivity index (χ1) is 13.5. The molecule has 1 unspecified atom stereocenters. The Morgan fingerprint density at radius 1 is 1.03 bits per heavy atom. The molecule has 1 aliphatic carbocycles. The fourth-order valence-corrected chi connectivity index (χ4v) is 6.13. The van der Waals surface area contributed by atoms with Crippen molar-refractivity contribution in [1.82, 2.24) is 14.9 Å². The van der Waals surface area contributed by atoms with Crippen LogP contribution in [0.25, 0.3) is 0 Å². The molecule has 1 saturated carbocycles. The molecular formula is C22H38ClN3O3S. The number of hydrogen-bond acceptors (Lipinski definition) is 3. The largest absolute Gasteiger partial charge is 0.337 e.